The monoisotopic (exact) mass is 384 g/mol. The van der Waals surface area contributed by atoms with Crippen molar-refractivity contribution in [1.82, 2.24) is 10.3 Å². The number of aromatic nitrogens is 1. The lowest BCUT2D eigenvalue weighted by molar-refractivity contribution is 0.463. The maximum Gasteiger partial charge on any atom is 0.146 e. The third-order valence-corrected chi connectivity index (χ3v) is 3.71. The summed E-state index contributed by atoms with van der Waals surface area (Å²) in [5, 5.41) is 3.22. The summed E-state index contributed by atoms with van der Waals surface area (Å²) < 4.78 is 7.81. The Labute approximate surface area is 129 Å². The highest BCUT2D eigenvalue weighted by molar-refractivity contribution is 9.10. The van der Waals surface area contributed by atoms with E-state index in [0.717, 1.165) is 20.3 Å². The second kappa shape index (κ2) is 6.50. The third-order valence-electron chi connectivity index (χ3n) is 2.78. The summed E-state index contributed by atoms with van der Waals surface area (Å²) in [4.78, 5) is 4.10. The zero-order valence-corrected chi connectivity index (χ0v) is 13.8. The molecule has 0 radical (unpaired) electrons. The number of benzene rings is 1. The molecule has 0 spiro atoms. The minimum absolute atomic E-state index is 0.211. The van der Waals surface area contributed by atoms with Crippen molar-refractivity contribution >= 4 is 31.9 Å². The zero-order chi connectivity index (χ0) is 13.8. The first-order valence-corrected chi connectivity index (χ1v) is 7.44. The Morgan fingerprint density at radius 1 is 1.16 bits per heavy atom. The lowest BCUT2D eigenvalue weighted by Gasteiger charge is -2.16. The fraction of sp³-hybridized carbons (Fsp3) is 0.214. The van der Waals surface area contributed by atoms with Gasteiger partial charge in [0.15, 0.2) is 0 Å². The van der Waals surface area contributed by atoms with Gasteiger partial charge in [-0.05, 0) is 48.1 Å². The van der Waals surface area contributed by atoms with Crippen LogP contribution in [-0.4, -0.2) is 12.0 Å². The van der Waals surface area contributed by atoms with E-state index in [4.69, 9.17) is 4.74 Å². The highest BCUT2D eigenvalue weighted by Crippen LogP contribution is 2.32. The van der Waals surface area contributed by atoms with Gasteiger partial charge in [-0.15, -0.1) is 0 Å². The molecule has 0 saturated carbocycles. The molecular weight excluding hydrogens is 372 g/mol. The standard InChI is InChI=1S/C14H14Br2N2O/c1-9(17-2)13-4-3-10(15)6-14(13)19-12-5-11(16)7-18-8-12/h3-9,17H,1-2H3. The average Bonchev–Trinajstić information content (AvgIpc) is 2.38. The number of nitrogens with zero attached hydrogens (tertiary/aromatic N) is 1. The summed E-state index contributed by atoms with van der Waals surface area (Å²) >= 11 is 6.86. The molecule has 100 valence electrons. The van der Waals surface area contributed by atoms with Crippen molar-refractivity contribution in [3.63, 3.8) is 0 Å². The molecule has 5 heteroatoms. The largest absolute Gasteiger partial charge is 0.455 e. The molecule has 1 unspecified atom stereocenters. The van der Waals surface area contributed by atoms with Crippen LogP contribution in [0.2, 0.25) is 0 Å². The quantitative estimate of drug-likeness (QED) is 0.829. The molecule has 0 aliphatic heterocycles. The van der Waals surface area contributed by atoms with Gasteiger partial charge in [0.25, 0.3) is 0 Å². The molecule has 1 aromatic heterocycles. The summed E-state index contributed by atoms with van der Waals surface area (Å²) in [5.41, 5.74) is 1.10. The highest BCUT2D eigenvalue weighted by atomic mass is 79.9. The van der Waals surface area contributed by atoms with Crippen LogP contribution in [0.25, 0.3) is 0 Å². The van der Waals surface area contributed by atoms with Gasteiger partial charge < -0.3 is 10.1 Å². The summed E-state index contributed by atoms with van der Waals surface area (Å²) in [6.45, 7) is 2.09. The van der Waals surface area contributed by atoms with Gasteiger partial charge in [-0.3, -0.25) is 4.98 Å². The number of nitrogens with one attached hydrogen (secondary N) is 1. The molecule has 19 heavy (non-hydrogen) atoms. The fourth-order valence-corrected chi connectivity index (χ4v) is 2.37. The number of hydrogen-bond donors (Lipinski definition) is 1. The van der Waals surface area contributed by atoms with Crippen LogP contribution in [0.3, 0.4) is 0 Å². The van der Waals surface area contributed by atoms with Crippen molar-refractivity contribution in [2.24, 2.45) is 0 Å². The van der Waals surface area contributed by atoms with Gasteiger partial charge in [-0.1, -0.05) is 22.0 Å². The molecule has 0 saturated heterocycles. The van der Waals surface area contributed by atoms with E-state index in [0.29, 0.717) is 5.75 Å². The van der Waals surface area contributed by atoms with Gasteiger partial charge >= 0.3 is 0 Å². The third kappa shape index (κ3) is 3.78. The smallest absolute Gasteiger partial charge is 0.146 e. The Kier molecular flexibility index (Phi) is 4.96. The van der Waals surface area contributed by atoms with E-state index in [2.05, 4.69) is 49.1 Å². The minimum atomic E-state index is 0.211. The van der Waals surface area contributed by atoms with E-state index >= 15 is 0 Å². The normalized spacial score (nSPS) is 12.2. The number of hydrogen-bond acceptors (Lipinski definition) is 3. The SMILES string of the molecule is CNC(C)c1ccc(Br)cc1Oc1cncc(Br)c1. The Morgan fingerprint density at radius 2 is 1.95 bits per heavy atom. The van der Waals surface area contributed by atoms with Crippen LogP contribution in [0.1, 0.15) is 18.5 Å². The second-order valence-corrected chi connectivity index (χ2v) is 5.96. The summed E-state index contributed by atoms with van der Waals surface area (Å²) in [6.07, 6.45) is 3.42. The summed E-state index contributed by atoms with van der Waals surface area (Å²) in [6, 6.07) is 8.12. The van der Waals surface area contributed by atoms with E-state index in [9.17, 15) is 0 Å². The molecule has 0 amide bonds. The maximum absolute atomic E-state index is 5.93. The van der Waals surface area contributed by atoms with E-state index < -0.39 is 0 Å². The molecule has 1 aromatic carbocycles. The Bertz CT molecular complexity index is 575. The first kappa shape index (κ1) is 14.5. The number of ether oxygens (including phenoxy) is 1. The summed E-state index contributed by atoms with van der Waals surface area (Å²) in [5.74, 6) is 1.52. The maximum atomic E-state index is 5.93. The van der Waals surface area contributed by atoms with Crippen molar-refractivity contribution in [2.75, 3.05) is 7.05 Å². The van der Waals surface area contributed by atoms with E-state index in [-0.39, 0.29) is 6.04 Å². The molecule has 0 bridgehead atoms. The molecule has 0 aliphatic carbocycles. The Hall–Kier alpha value is -0.910. The average molecular weight is 386 g/mol. The van der Waals surface area contributed by atoms with Crippen LogP contribution in [0.15, 0.2) is 45.6 Å². The van der Waals surface area contributed by atoms with E-state index in [1.54, 1.807) is 12.4 Å². The molecule has 0 aliphatic rings. The van der Waals surface area contributed by atoms with Crippen LogP contribution in [-0.2, 0) is 0 Å². The Morgan fingerprint density at radius 3 is 2.63 bits per heavy atom. The number of rotatable bonds is 4. The molecular formula is C14H14Br2N2O. The Balaban J connectivity index is 2.35. The molecule has 1 heterocycles. The van der Waals surface area contributed by atoms with Gasteiger partial charge in [0.2, 0.25) is 0 Å². The predicted molar refractivity (Wildman–Crippen MR) is 83.6 cm³/mol. The van der Waals surface area contributed by atoms with Crippen LogP contribution >= 0.6 is 31.9 Å². The van der Waals surface area contributed by atoms with Crippen molar-refractivity contribution in [1.29, 1.82) is 0 Å². The van der Waals surface area contributed by atoms with Crippen LogP contribution in [0.4, 0.5) is 0 Å². The topological polar surface area (TPSA) is 34.1 Å². The van der Waals surface area contributed by atoms with Gasteiger partial charge in [0, 0.05) is 26.7 Å². The van der Waals surface area contributed by atoms with Crippen molar-refractivity contribution in [3.05, 3.63) is 51.2 Å². The van der Waals surface area contributed by atoms with E-state index in [1.807, 2.05) is 31.3 Å². The van der Waals surface area contributed by atoms with Gasteiger partial charge in [0.05, 0.1) is 6.20 Å². The fourth-order valence-electron chi connectivity index (χ4n) is 1.68. The van der Waals surface area contributed by atoms with Crippen LogP contribution in [0, 0.1) is 0 Å². The van der Waals surface area contributed by atoms with Crippen molar-refractivity contribution in [2.45, 2.75) is 13.0 Å². The van der Waals surface area contributed by atoms with Gasteiger partial charge in [-0.2, -0.15) is 0 Å². The van der Waals surface area contributed by atoms with E-state index in [1.165, 1.54) is 0 Å². The molecule has 2 aromatic rings. The molecule has 2 rings (SSSR count). The molecule has 0 fully saturated rings. The molecule has 3 nitrogen and oxygen atoms in total. The lowest BCUT2D eigenvalue weighted by atomic mass is 10.1. The first-order valence-electron chi connectivity index (χ1n) is 5.85. The summed E-state index contributed by atoms with van der Waals surface area (Å²) in [7, 11) is 1.93. The molecule has 1 N–H and O–H groups in total. The lowest BCUT2D eigenvalue weighted by Crippen LogP contribution is -2.13. The second-order valence-electron chi connectivity index (χ2n) is 4.13. The minimum Gasteiger partial charge on any atom is -0.455 e. The van der Waals surface area contributed by atoms with Crippen molar-refractivity contribution < 1.29 is 4.74 Å². The zero-order valence-electron chi connectivity index (χ0n) is 10.7. The highest BCUT2D eigenvalue weighted by Gasteiger charge is 2.11. The predicted octanol–water partition coefficient (Wildman–Crippen LogP) is 4.68. The van der Waals surface area contributed by atoms with Crippen molar-refractivity contribution in [3.8, 4) is 11.5 Å². The molecule has 1 atom stereocenters. The number of halogens is 2. The number of pyridine rings is 1. The van der Waals surface area contributed by atoms with Crippen LogP contribution < -0.4 is 10.1 Å². The first-order chi connectivity index (χ1) is 9.10. The van der Waals surface area contributed by atoms with Gasteiger partial charge in [-0.25, -0.2) is 0 Å². The van der Waals surface area contributed by atoms with Gasteiger partial charge in [0.1, 0.15) is 11.5 Å². The van der Waals surface area contributed by atoms with Crippen LogP contribution in [0.5, 0.6) is 11.5 Å².